The Kier molecular flexibility index (Phi) is 7.66. The molecule has 15 heteroatoms. The number of hydrogen-bond donors (Lipinski definition) is 0. The summed E-state index contributed by atoms with van der Waals surface area (Å²) in [5.41, 5.74) is -1.37. The molecule has 1 atom stereocenters. The number of esters is 1. The summed E-state index contributed by atoms with van der Waals surface area (Å²) in [4.78, 5) is 31.8. The summed E-state index contributed by atoms with van der Waals surface area (Å²) in [5.74, 6) is -2.44. The number of carbonyl (C=O) groups excluding carboxylic acids is 1. The van der Waals surface area contributed by atoms with Gasteiger partial charge < -0.3 is 4.74 Å². The van der Waals surface area contributed by atoms with E-state index in [2.05, 4.69) is 0 Å². The van der Waals surface area contributed by atoms with Crippen molar-refractivity contribution in [3.8, 4) is 5.75 Å². The number of nitrogens with zero attached hydrogens (tertiary/aromatic N) is 2. The molecule has 0 bridgehead atoms. The molecule has 0 saturated heterocycles. The lowest BCUT2D eigenvalue weighted by Gasteiger charge is -2.12. The van der Waals surface area contributed by atoms with E-state index in [0.717, 1.165) is 12.1 Å². The average Bonchev–Trinajstić information content (AvgIpc) is 2.67. The van der Waals surface area contributed by atoms with E-state index in [9.17, 15) is 29.2 Å². The number of carbonyl (C=O) groups is 1. The lowest BCUT2D eigenvalue weighted by atomic mass is 10.3. The molecule has 9 nitrogen and oxygen atoms in total. The highest BCUT2D eigenvalue weighted by Crippen LogP contribution is 2.48. The minimum absolute atomic E-state index is 0.173. The molecule has 0 aliphatic heterocycles. The van der Waals surface area contributed by atoms with Crippen molar-refractivity contribution >= 4 is 86.1 Å². The van der Waals surface area contributed by atoms with Crippen LogP contribution < -0.4 is 4.74 Å². The van der Waals surface area contributed by atoms with Crippen LogP contribution in [0.1, 0.15) is 0 Å². The summed E-state index contributed by atoms with van der Waals surface area (Å²) in [6, 6.07) is 2.46. The molecule has 29 heavy (non-hydrogen) atoms. The monoisotopic (exact) mass is 520 g/mol. The van der Waals surface area contributed by atoms with Crippen molar-refractivity contribution < 1.29 is 23.6 Å². The minimum Gasteiger partial charge on any atom is -0.423 e. The van der Waals surface area contributed by atoms with Gasteiger partial charge in [-0.05, 0) is 6.07 Å². The van der Waals surface area contributed by atoms with E-state index in [-0.39, 0.29) is 25.1 Å². The number of rotatable bonds is 6. The summed E-state index contributed by atoms with van der Waals surface area (Å²) in [5, 5.41) is 20.6. The molecule has 0 radical (unpaired) electrons. The first-order valence-corrected chi connectivity index (χ1v) is 10.2. The smallest absolute Gasteiger partial charge is 0.324 e. The fourth-order valence-corrected chi connectivity index (χ4v) is 4.17. The first kappa shape index (κ1) is 23.6. The van der Waals surface area contributed by atoms with Gasteiger partial charge in [0, 0.05) is 6.07 Å². The van der Waals surface area contributed by atoms with Gasteiger partial charge in [0.25, 0.3) is 11.4 Å². The molecule has 2 rings (SSSR count). The number of benzene rings is 2. The molecule has 0 spiro atoms. The van der Waals surface area contributed by atoms with Crippen LogP contribution >= 0.6 is 58.0 Å². The molecule has 1 unspecified atom stereocenters. The van der Waals surface area contributed by atoms with Gasteiger partial charge in [0.2, 0.25) is 0 Å². The van der Waals surface area contributed by atoms with Crippen LogP contribution in [0, 0.1) is 20.2 Å². The third-order valence-corrected chi connectivity index (χ3v) is 6.81. The van der Waals surface area contributed by atoms with Crippen LogP contribution in [0.15, 0.2) is 23.1 Å². The summed E-state index contributed by atoms with van der Waals surface area (Å²) in [7, 11) is -2.29. The van der Waals surface area contributed by atoms with Crippen molar-refractivity contribution in [3.05, 3.63) is 63.5 Å². The maximum absolute atomic E-state index is 12.4. The van der Waals surface area contributed by atoms with Gasteiger partial charge in [-0.25, -0.2) is 0 Å². The molecule has 0 saturated carbocycles. The molecule has 154 valence electrons. The first-order chi connectivity index (χ1) is 13.5. The van der Waals surface area contributed by atoms with Gasteiger partial charge in [-0.3, -0.25) is 29.2 Å². The maximum Gasteiger partial charge on any atom is 0.324 e. The molecule has 2 aromatic carbocycles. The van der Waals surface area contributed by atoms with Gasteiger partial charge in [-0.1, -0.05) is 58.0 Å². The molecule has 0 heterocycles. The highest BCUT2D eigenvalue weighted by atomic mass is 35.5. The summed E-state index contributed by atoms with van der Waals surface area (Å²) in [6.07, 6.45) is 0. The van der Waals surface area contributed by atoms with E-state index < -0.39 is 54.4 Å². The van der Waals surface area contributed by atoms with Gasteiger partial charge in [0.05, 0.1) is 41.8 Å². The number of nitro groups is 2. The highest BCUT2D eigenvalue weighted by Gasteiger charge is 2.27. The first-order valence-electron chi connectivity index (χ1n) is 6.99. The summed E-state index contributed by atoms with van der Waals surface area (Å²) in [6.45, 7) is 0. The lowest BCUT2D eigenvalue weighted by Crippen LogP contribution is -2.18. The van der Waals surface area contributed by atoms with Gasteiger partial charge >= 0.3 is 5.97 Å². The zero-order valence-electron chi connectivity index (χ0n) is 13.5. The number of non-ortho nitro benzene ring substituents is 1. The Morgan fingerprint density at radius 2 is 1.45 bits per heavy atom. The predicted octanol–water partition coefficient (Wildman–Crippen LogP) is 5.48. The second kappa shape index (κ2) is 9.41. The average molecular weight is 523 g/mol. The summed E-state index contributed by atoms with van der Waals surface area (Å²) < 4.78 is 17.4. The van der Waals surface area contributed by atoms with Crippen molar-refractivity contribution in [2.45, 2.75) is 4.90 Å². The van der Waals surface area contributed by atoms with Crippen LogP contribution in [0.5, 0.6) is 5.75 Å². The third-order valence-electron chi connectivity index (χ3n) is 3.23. The van der Waals surface area contributed by atoms with E-state index in [1.807, 2.05) is 0 Å². The van der Waals surface area contributed by atoms with E-state index in [0.29, 0.717) is 6.07 Å². The Balaban J connectivity index is 2.30. The van der Waals surface area contributed by atoms with Crippen LogP contribution in [-0.2, 0) is 15.6 Å². The SMILES string of the molecule is O=C(CS(=O)c1ccc([N+](=O)[O-])cc1[N+](=O)[O-])Oc1c(Cl)c(Cl)c(Cl)c(Cl)c1Cl. The minimum atomic E-state index is -2.29. The van der Waals surface area contributed by atoms with E-state index in [1.165, 1.54) is 0 Å². The van der Waals surface area contributed by atoms with Crippen LogP contribution in [0.3, 0.4) is 0 Å². The fraction of sp³-hybridized carbons (Fsp3) is 0.0714. The molecule has 0 amide bonds. The Morgan fingerprint density at radius 1 is 0.931 bits per heavy atom. The number of hydrogen-bond acceptors (Lipinski definition) is 7. The number of halogens is 5. The predicted molar refractivity (Wildman–Crippen MR) is 108 cm³/mol. The molecule has 0 aliphatic carbocycles. The Labute approximate surface area is 189 Å². The number of ether oxygens (including phenoxy) is 1. The molecular weight excluding hydrogens is 517 g/mol. The second-order valence-corrected chi connectivity index (χ2v) is 8.34. The largest absolute Gasteiger partial charge is 0.423 e. The van der Waals surface area contributed by atoms with Gasteiger partial charge in [0.1, 0.15) is 20.7 Å². The quantitative estimate of drug-likeness (QED) is 0.123. The molecular formula is C14H5Cl5N2O7S. The van der Waals surface area contributed by atoms with Crippen molar-refractivity contribution in [2.75, 3.05) is 5.75 Å². The highest BCUT2D eigenvalue weighted by molar-refractivity contribution is 7.86. The van der Waals surface area contributed by atoms with Crippen LogP contribution in [0.25, 0.3) is 0 Å². The zero-order chi connectivity index (χ0) is 22.0. The fourth-order valence-electron chi connectivity index (χ4n) is 1.96. The normalized spacial score (nSPS) is 11.8. The van der Waals surface area contributed by atoms with Crippen molar-refractivity contribution in [1.29, 1.82) is 0 Å². The topological polar surface area (TPSA) is 130 Å². The van der Waals surface area contributed by atoms with Gasteiger partial charge in [0.15, 0.2) is 5.75 Å². The van der Waals surface area contributed by atoms with E-state index in [1.54, 1.807) is 0 Å². The van der Waals surface area contributed by atoms with Gasteiger partial charge in [-0.15, -0.1) is 0 Å². The zero-order valence-corrected chi connectivity index (χ0v) is 18.1. The van der Waals surface area contributed by atoms with Gasteiger partial charge in [-0.2, -0.15) is 0 Å². The second-order valence-electron chi connectivity index (χ2n) is 5.03. The van der Waals surface area contributed by atoms with Crippen molar-refractivity contribution in [3.63, 3.8) is 0 Å². The standard InChI is InChI=1S/C14H5Cl5N2O7S/c15-9-10(16)12(18)14(13(19)11(9)17)28-8(22)4-29(27)7-2-1-5(20(23)24)3-6(7)21(25)26/h1-3H,4H2. The van der Waals surface area contributed by atoms with E-state index >= 15 is 0 Å². The third kappa shape index (κ3) is 5.08. The van der Waals surface area contributed by atoms with Crippen molar-refractivity contribution in [1.82, 2.24) is 0 Å². The van der Waals surface area contributed by atoms with Crippen LogP contribution in [-0.4, -0.2) is 25.8 Å². The molecule has 0 aliphatic rings. The van der Waals surface area contributed by atoms with E-state index in [4.69, 9.17) is 62.7 Å². The van der Waals surface area contributed by atoms with Crippen molar-refractivity contribution in [2.24, 2.45) is 0 Å². The Bertz CT molecular complexity index is 1050. The van der Waals surface area contributed by atoms with Crippen LogP contribution in [0.2, 0.25) is 25.1 Å². The lowest BCUT2D eigenvalue weighted by molar-refractivity contribution is -0.396. The summed E-state index contributed by atoms with van der Waals surface area (Å²) >= 11 is 29.4. The molecule has 2 aromatic rings. The maximum atomic E-state index is 12.4. The Hall–Kier alpha value is -1.69. The molecule has 0 fully saturated rings. The molecule has 0 aromatic heterocycles. The molecule has 0 N–H and O–H groups in total. The van der Waals surface area contributed by atoms with Crippen LogP contribution in [0.4, 0.5) is 11.4 Å². The number of nitro benzene ring substituents is 2. The Morgan fingerprint density at radius 3 is 1.93 bits per heavy atom.